The monoisotopic (exact) mass is 121 g/mol. The van der Waals surface area contributed by atoms with E-state index in [0.29, 0.717) is 0 Å². The molecule has 1 rings (SSSR count). The van der Waals surface area contributed by atoms with Crippen molar-refractivity contribution in [3.8, 4) is 0 Å². The molecule has 0 nitrogen and oxygen atoms in total. The number of hydrogen-bond donors (Lipinski definition) is 0. The molecule has 0 aromatic carbocycles. The van der Waals surface area contributed by atoms with E-state index in [2.05, 4.69) is 6.92 Å². The van der Waals surface area contributed by atoms with Gasteiger partial charge in [0, 0.05) is 0 Å². The molecule has 0 bridgehead atoms. The van der Waals surface area contributed by atoms with E-state index in [-0.39, 0.29) is 0 Å². The van der Waals surface area contributed by atoms with E-state index in [1.165, 1.54) is 32.1 Å². The quantitative estimate of drug-likeness (QED) is 0.465. The van der Waals surface area contributed by atoms with Crippen LogP contribution >= 0.6 is 0 Å². The van der Waals surface area contributed by atoms with Crippen molar-refractivity contribution in [3.63, 3.8) is 0 Å². The van der Waals surface area contributed by atoms with Gasteiger partial charge >= 0.3 is 57.9 Å². The van der Waals surface area contributed by atoms with Crippen LogP contribution < -0.4 is 0 Å². The van der Waals surface area contributed by atoms with Crippen molar-refractivity contribution in [2.24, 2.45) is 5.92 Å². The van der Waals surface area contributed by atoms with Gasteiger partial charge in [-0.15, -0.1) is 0 Å². The molecule has 0 heterocycles. The van der Waals surface area contributed by atoms with E-state index >= 15 is 0 Å². The molecule has 1 saturated carbocycles. The van der Waals surface area contributed by atoms with Crippen molar-refractivity contribution in [2.75, 3.05) is 0 Å². The molecular weight excluding hydrogens is 107 g/mol. The van der Waals surface area contributed by atoms with Gasteiger partial charge in [0.05, 0.1) is 0 Å². The second-order valence-corrected chi connectivity index (χ2v) is 3.08. The van der Waals surface area contributed by atoms with E-state index in [1.54, 1.807) is 0 Å². The number of hydrogen-bond acceptors (Lipinski definition) is 0. The first-order valence-electron chi connectivity index (χ1n) is 3.89. The third-order valence-corrected chi connectivity index (χ3v) is 2.25. The van der Waals surface area contributed by atoms with Gasteiger partial charge in [-0.05, 0) is 0 Å². The van der Waals surface area contributed by atoms with Crippen LogP contribution in [0, 0.1) is 5.92 Å². The molecule has 0 atom stereocenters. The van der Waals surface area contributed by atoms with Gasteiger partial charge in [-0.25, -0.2) is 0 Å². The maximum atomic E-state index is 5.68. The van der Waals surface area contributed by atoms with E-state index in [0.717, 1.165) is 11.4 Å². The Morgan fingerprint density at radius 3 is 2.11 bits per heavy atom. The van der Waals surface area contributed by atoms with Crippen LogP contribution in [-0.2, 0) is 0 Å². The van der Waals surface area contributed by atoms with Crippen LogP contribution in [0.5, 0.6) is 0 Å². The molecule has 1 aliphatic carbocycles. The minimum absolute atomic E-state index is 0.749. The fourth-order valence-electron chi connectivity index (χ4n) is 1.56. The topological polar surface area (TPSA) is 0 Å². The number of rotatable bonds is 1. The van der Waals surface area contributed by atoms with E-state index in [1.807, 2.05) is 0 Å². The molecule has 0 N–H and O–H groups in total. The zero-order chi connectivity index (χ0) is 6.69. The Balaban J connectivity index is 2.31. The fraction of sp³-hybridized carbons (Fsp3) is 0.875. The van der Waals surface area contributed by atoms with Crippen LogP contribution in [0.4, 0.5) is 0 Å². The van der Waals surface area contributed by atoms with Gasteiger partial charge < -0.3 is 0 Å². The molecular formula is C8H14B. The molecule has 1 aliphatic rings. The SMILES string of the molecule is [B]=C(C)C1CCCCC1. The normalized spacial score (nSPS) is 21.8. The summed E-state index contributed by atoms with van der Waals surface area (Å²) in [6, 6.07) is 0. The molecule has 0 spiro atoms. The van der Waals surface area contributed by atoms with Gasteiger partial charge in [-0.1, -0.05) is 0 Å². The average molecular weight is 121 g/mol. The molecule has 0 amide bonds. The third kappa shape index (κ3) is 1.96. The van der Waals surface area contributed by atoms with Crippen molar-refractivity contribution < 1.29 is 0 Å². The molecule has 0 aromatic heterocycles. The molecule has 49 valence electrons. The fourth-order valence-corrected chi connectivity index (χ4v) is 1.56. The molecule has 0 unspecified atom stereocenters. The van der Waals surface area contributed by atoms with Crippen molar-refractivity contribution >= 4 is 13.0 Å². The molecule has 0 aliphatic heterocycles. The molecule has 9 heavy (non-hydrogen) atoms. The summed E-state index contributed by atoms with van der Waals surface area (Å²) in [4.78, 5) is 0. The first-order chi connectivity index (χ1) is 4.30. The van der Waals surface area contributed by atoms with Crippen LogP contribution in [0.25, 0.3) is 0 Å². The predicted octanol–water partition coefficient (Wildman–Crippen LogP) is 1.93. The summed E-state index contributed by atoms with van der Waals surface area (Å²) in [7, 11) is 5.68. The van der Waals surface area contributed by atoms with Crippen molar-refractivity contribution in [2.45, 2.75) is 39.0 Å². The van der Waals surface area contributed by atoms with Gasteiger partial charge in [0.25, 0.3) is 0 Å². The maximum absolute atomic E-state index is 5.68. The van der Waals surface area contributed by atoms with Crippen LogP contribution in [0.2, 0.25) is 0 Å². The van der Waals surface area contributed by atoms with Crippen LogP contribution in [-0.4, -0.2) is 13.0 Å². The Morgan fingerprint density at radius 1 is 1.22 bits per heavy atom. The van der Waals surface area contributed by atoms with Gasteiger partial charge in [0.2, 0.25) is 0 Å². The van der Waals surface area contributed by atoms with E-state index in [4.69, 9.17) is 7.49 Å². The Labute approximate surface area is 58.7 Å². The predicted molar refractivity (Wildman–Crippen MR) is 43.0 cm³/mol. The van der Waals surface area contributed by atoms with Gasteiger partial charge in [0.15, 0.2) is 0 Å². The summed E-state index contributed by atoms with van der Waals surface area (Å²) in [5.74, 6) is 0.749. The molecule has 0 saturated heterocycles. The zero-order valence-corrected chi connectivity index (χ0v) is 6.19. The summed E-state index contributed by atoms with van der Waals surface area (Å²) in [6.07, 6.45) is 6.87. The van der Waals surface area contributed by atoms with Gasteiger partial charge in [0.1, 0.15) is 0 Å². The van der Waals surface area contributed by atoms with Crippen molar-refractivity contribution in [1.29, 1.82) is 0 Å². The van der Waals surface area contributed by atoms with Crippen molar-refractivity contribution in [1.82, 2.24) is 0 Å². The Hall–Kier alpha value is -0.0651. The second-order valence-electron chi connectivity index (χ2n) is 3.08. The van der Waals surface area contributed by atoms with Gasteiger partial charge in [-0.2, -0.15) is 0 Å². The van der Waals surface area contributed by atoms with Gasteiger partial charge in [-0.3, -0.25) is 0 Å². The Morgan fingerprint density at radius 2 is 1.78 bits per heavy atom. The molecule has 1 radical (unpaired) electrons. The van der Waals surface area contributed by atoms with E-state index < -0.39 is 0 Å². The first kappa shape index (κ1) is 7.05. The summed E-state index contributed by atoms with van der Waals surface area (Å²) in [5, 5.41) is 0. The zero-order valence-electron chi connectivity index (χ0n) is 6.19. The van der Waals surface area contributed by atoms with Crippen LogP contribution in [0.1, 0.15) is 39.0 Å². The first-order valence-corrected chi connectivity index (χ1v) is 3.89. The third-order valence-electron chi connectivity index (χ3n) is 2.25. The molecule has 1 fully saturated rings. The average Bonchev–Trinajstić information content (AvgIpc) is 1.90. The van der Waals surface area contributed by atoms with Crippen LogP contribution in [0.3, 0.4) is 0 Å². The summed E-state index contributed by atoms with van der Waals surface area (Å²) in [6.45, 7) is 2.05. The Bertz CT molecular complexity index is 101. The van der Waals surface area contributed by atoms with Crippen LogP contribution in [0.15, 0.2) is 0 Å². The van der Waals surface area contributed by atoms with Crippen molar-refractivity contribution in [3.05, 3.63) is 0 Å². The molecule has 0 aromatic rings. The molecule has 1 heteroatoms. The summed E-state index contributed by atoms with van der Waals surface area (Å²) < 4.78 is 0. The Kier molecular flexibility index (Phi) is 2.50. The minimum atomic E-state index is 0.749. The second kappa shape index (κ2) is 3.19. The summed E-state index contributed by atoms with van der Waals surface area (Å²) >= 11 is 0. The standard InChI is InChI=1S/C8H14B/c1-7(9)8-5-3-2-4-6-8/h8H,2-6H2,1H3. The summed E-state index contributed by atoms with van der Waals surface area (Å²) in [5.41, 5.74) is 1.15. The van der Waals surface area contributed by atoms with E-state index in [9.17, 15) is 0 Å².